The molecule has 1 aromatic heterocycles. The van der Waals surface area contributed by atoms with Crippen LogP contribution in [-0.2, 0) is 4.74 Å². The highest BCUT2D eigenvalue weighted by Crippen LogP contribution is 2.21. The predicted molar refractivity (Wildman–Crippen MR) is 86.1 cm³/mol. The molecule has 0 radical (unpaired) electrons. The van der Waals surface area contributed by atoms with Gasteiger partial charge < -0.3 is 19.5 Å². The van der Waals surface area contributed by atoms with Crippen LogP contribution in [0.15, 0.2) is 41.1 Å². The molecule has 0 bridgehead atoms. The number of hydrogen-bond acceptors (Lipinski definition) is 5. The van der Waals surface area contributed by atoms with E-state index in [2.05, 4.69) is 22.4 Å². The van der Waals surface area contributed by atoms with Gasteiger partial charge in [-0.3, -0.25) is 4.79 Å². The van der Waals surface area contributed by atoms with E-state index in [9.17, 15) is 4.79 Å². The quantitative estimate of drug-likeness (QED) is 0.929. The molecule has 23 heavy (non-hydrogen) atoms. The average Bonchev–Trinajstić information content (AvgIpc) is 2.97. The molecule has 0 unspecified atom stereocenters. The van der Waals surface area contributed by atoms with E-state index < -0.39 is 0 Å². The van der Waals surface area contributed by atoms with Crippen LogP contribution in [0, 0.1) is 5.92 Å². The Balaban J connectivity index is 1.64. The molecule has 1 aliphatic rings. The molecular weight excluding hydrogens is 294 g/mol. The highest BCUT2D eigenvalue weighted by molar-refractivity contribution is 5.99. The van der Waals surface area contributed by atoms with Gasteiger partial charge in [-0.25, -0.2) is 0 Å². The van der Waals surface area contributed by atoms with E-state index in [0.717, 1.165) is 25.3 Å². The molecule has 2 heterocycles. The van der Waals surface area contributed by atoms with Gasteiger partial charge in [-0.2, -0.15) is 0 Å². The standard InChI is InChI=1S/C17H21N3O3/c1-20-7-8-22-11-13(10-20)9-18-17(21)15-12-23-19-16(15)14-5-3-2-4-6-14/h2-6,12-13H,7-11H2,1H3,(H,18,21)/t13-/m1/s1. The third kappa shape index (κ3) is 3.97. The minimum Gasteiger partial charge on any atom is -0.380 e. The van der Waals surface area contributed by atoms with Gasteiger partial charge in [0, 0.05) is 31.1 Å². The first-order valence-corrected chi connectivity index (χ1v) is 7.78. The maximum absolute atomic E-state index is 12.4. The van der Waals surface area contributed by atoms with Crippen LogP contribution in [0.3, 0.4) is 0 Å². The number of nitrogens with zero attached hydrogens (tertiary/aromatic N) is 2. The summed E-state index contributed by atoms with van der Waals surface area (Å²) in [6, 6.07) is 9.55. The number of carbonyl (C=O) groups excluding carboxylic acids is 1. The maximum atomic E-state index is 12.4. The molecule has 3 rings (SSSR count). The van der Waals surface area contributed by atoms with E-state index >= 15 is 0 Å². The van der Waals surface area contributed by atoms with Crippen LogP contribution >= 0.6 is 0 Å². The zero-order valence-electron chi connectivity index (χ0n) is 13.2. The average molecular weight is 315 g/mol. The van der Waals surface area contributed by atoms with Crippen molar-refractivity contribution in [3.63, 3.8) is 0 Å². The summed E-state index contributed by atoms with van der Waals surface area (Å²) in [4.78, 5) is 14.7. The number of amides is 1. The second kappa shape index (κ2) is 7.39. The zero-order chi connectivity index (χ0) is 16.1. The van der Waals surface area contributed by atoms with Crippen molar-refractivity contribution in [1.29, 1.82) is 0 Å². The Labute approximate surface area is 135 Å². The van der Waals surface area contributed by atoms with E-state index in [1.54, 1.807) is 0 Å². The lowest BCUT2D eigenvalue weighted by Gasteiger charge is -2.19. The van der Waals surface area contributed by atoms with Crippen molar-refractivity contribution in [3.05, 3.63) is 42.2 Å². The fourth-order valence-electron chi connectivity index (χ4n) is 2.71. The molecule has 6 heteroatoms. The maximum Gasteiger partial charge on any atom is 0.256 e. The summed E-state index contributed by atoms with van der Waals surface area (Å²) in [5.74, 6) is 0.114. The highest BCUT2D eigenvalue weighted by atomic mass is 16.5. The third-order valence-corrected chi connectivity index (χ3v) is 3.95. The van der Waals surface area contributed by atoms with Crippen molar-refractivity contribution in [1.82, 2.24) is 15.4 Å². The monoisotopic (exact) mass is 315 g/mol. The summed E-state index contributed by atoms with van der Waals surface area (Å²) < 4.78 is 10.6. The summed E-state index contributed by atoms with van der Waals surface area (Å²) in [5.41, 5.74) is 1.89. The molecule has 0 saturated carbocycles. The fraction of sp³-hybridized carbons (Fsp3) is 0.412. The van der Waals surface area contributed by atoms with Crippen LogP contribution in [0.5, 0.6) is 0 Å². The summed E-state index contributed by atoms with van der Waals surface area (Å²) >= 11 is 0. The Kier molecular flexibility index (Phi) is 5.05. The Hall–Kier alpha value is -2.18. The predicted octanol–water partition coefficient (Wildman–Crippen LogP) is 1.65. The lowest BCUT2D eigenvalue weighted by atomic mass is 10.1. The number of aromatic nitrogens is 1. The second-order valence-electron chi connectivity index (χ2n) is 5.86. The van der Waals surface area contributed by atoms with Crippen molar-refractivity contribution < 1.29 is 14.1 Å². The van der Waals surface area contributed by atoms with E-state index in [1.165, 1.54) is 6.26 Å². The van der Waals surface area contributed by atoms with Crippen molar-refractivity contribution in [3.8, 4) is 11.3 Å². The number of rotatable bonds is 4. The lowest BCUT2D eigenvalue weighted by Crippen LogP contribution is -2.35. The smallest absolute Gasteiger partial charge is 0.256 e. The van der Waals surface area contributed by atoms with Gasteiger partial charge in [0.1, 0.15) is 17.5 Å². The molecule has 0 spiro atoms. The molecule has 6 nitrogen and oxygen atoms in total. The first kappa shape index (κ1) is 15.7. The fourth-order valence-corrected chi connectivity index (χ4v) is 2.71. The largest absolute Gasteiger partial charge is 0.380 e. The molecule has 1 saturated heterocycles. The van der Waals surface area contributed by atoms with Crippen molar-refractivity contribution in [2.24, 2.45) is 5.92 Å². The highest BCUT2D eigenvalue weighted by Gasteiger charge is 2.20. The van der Waals surface area contributed by atoms with Crippen LogP contribution in [0.4, 0.5) is 0 Å². The summed E-state index contributed by atoms with van der Waals surface area (Å²) in [6.07, 6.45) is 1.40. The second-order valence-corrected chi connectivity index (χ2v) is 5.86. The van der Waals surface area contributed by atoms with E-state index in [4.69, 9.17) is 9.26 Å². The Morgan fingerprint density at radius 2 is 2.22 bits per heavy atom. The SMILES string of the molecule is CN1CCOC[C@H](CNC(=O)c2conc2-c2ccccc2)C1. The number of likely N-dealkylation sites (N-methyl/N-ethyl adjacent to an activating group) is 1. The van der Waals surface area contributed by atoms with E-state index in [-0.39, 0.29) is 11.8 Å². The minimum absolute atomic E-state index is 0.169. The van der Waals surface area contributed by atoms with E-state index in [1.807, 2.05) is 30.3 Å². The van der Waals surface area contributed by atoms with Gasteiger partial charge in [-0.05, 0) is 7.05 Å². The molecule has 2 aromatic rings. The Morgan fingerprint density at radius 3 is 3.04 bits per heavy atom. The van der Waals surface area contributed by atoms with Gasteiger partial charge in [0.15, 0.2) is 0 Å². The van der Waals surface area contributed by atoms with Crippen LogP contribution in [0.25, 0.3) is 11.3 Å². The summed E-state index contributed by atoms with van der Waals surface area (Å²) in [7, 11) is 2.07. The number of ether oxygens (including phenoxy) is 1. The molecule has 122 valence electrons. The number of nitrogens with one attached hydrogen (secondary N) is 1. The van der Waals surface area contributed by atoms with Crippen LogP contribution in [0.2, 0.25) is 0 Å². The Bertz CT molecular complexity index is 642. The number of carbonyl (C=O) groups is 1. The zero-order valence-corrected chi connectivity index (χ0v) is 13.2. The van der Waals surface area contributed by atoms with Gasteiger partial charge in [0.25, 0.3) is 5.91 Å². The molecule has 1 aliphatic heterocycles. The van der Waals surface area contributed by atoms with Gasteiger partial charge in [0.05, 0.1) is 13.2 Å². The van der Waals surface area contributed by atoms with Crippen LogP contribution in [0.1, 0.15) is 10.4 Å². The van der Waals surface area contributed by atoms with Gasteiger partial charge in [0.2, 0.25) is 0 Å². The topological polar surface area (TPSA) is 67.6 Å². The van der Waals surface area contributed by atoms with Gasteiger partial charge in [-0.15, -0.1) is 0 Å². The number of hydrogen-bond donors (Lipinski definition) is 1. The van der Waals surface area contributed by atoms with E-state index in [0.29, 0.717) is 24.4 Å². The lowest BCUT2D eigenvalue weighted by molar-refractivity contribution is 0.0921. The first-order valence-electron chi connectivity index (χ1n) is 7.78. The van der Waals surface area contributed by atoms with Crippen molar-refractivity contribution in [2.45, 2.75) is 0 Å². The summed E-state index contributed by atoms with van der Waals surface area (Å²) in [5, 5.41) is 6.93. The molecule has 1 aromatic carbocycles. The molecule has 1 atom stereocenters. The van der Waals surface area contributed by atoms with Crippen LogP contribution in [-0.4, -0.2) is 55.9 Å². The Morgan fingerprint density at radius 1 is 1.39 bits per heavy atom. The van der Waals surface area contributed by atoms with Crippen molar-refractivity contribution in [2.75, 3.05) is 39.9 Å². The van der Waals surface area contributed by atoms with Crippen molar-refractivity contribution >= 4 is 5.91 Å². The molecule has 1 amide bonds. The normalized spacial score (nSPS) is 19.3. The minimum atomic E-state index is -0.169. The van der Waals surface area contributed by atoms with Crippen LogP contribution < -0.4 is 5.32 Å². The third-order valence-electron chi connectivity index (χ3n) is 3.95. The molecule has 1 fully saturated rings. The molecular formula is C17H21N3O3. The van der Waals surface area contributed by atoms with Gasteiger partial charge >= 0.3 is 0 Å². The van der Waals surface area contributed by atoms with Gasteiger partial charge in [-0.1, -0.05) is 35.5 Å². The first-order chi connectivity index (χ1) is 11.2. The molecule has 1 N–H and O–H groups in total. The number of benzene rings is 1. The molecule has 0 aliphatic carbocycles. The summed E-state index contributed by atoms with van der Waals surface area (Å²) in [6.45, 7) is 3.82.